The van der Waals surface area contributed by atoms with Gasteiger partial charge in [0, 0.05) is 12.2 Å². The Kier molecular flexibility index (Phi) is 6.70. The van der Waals surface area contributed by atoms with Crippen LogP contribution in [0.5, 0.6) is 0 Å². The van der Waals surface area contributed by atoms with Crippen LogP contribution in [0.3, 0.4) is 0 Å². The fourth-order valence-corrected chi connectivity index (χ4v) is 1.81. The van der Waals surface area contributed by atoms with Crippen molar-refractivity contribution in [3.63, 3.8) is 0 Å². The van der Waals surface area contributed by atoms with Crippen molar-refractivity contribution in [2.45, 2.75) is 19.5 Å². The van der Waals surface area contributed by atoms with Gasteiger partial charge in [-0.05, 0) is 36.8 Å². The zero-order valence-electron chi connectivity index (χ0n) is 11.9. The van der Waals surface area contributed by atoms with Gasteiger partial charge in [0.25, 0.3) is 6.47 Å². The van der Waals surface area contributed by atoms with Gasteiger partial charge in [-0.1, -0.05) is 18.2 Å². The number of carboxylic acid groups (broad SMARTS) is 1. The molecule has 0 fully saturated rings. The minimum absolute atomic E-state index is 0.147. The predicted molar refractivity (Wildman–Crippen MR) is 83.7 cm³/mol. The maximum absolute atomic E-state index is 8.36. The predicted octanol–water partition coefficient (Wildman–Crippen LogP) is 2.00. The number of aromatic nitrogens is 1. The summed E-state index contributed by atoms with van der Waals surface area (Å²) in [5.41, 5.74) is 14.1. The molecular weight excluding hydrogens is 268 g/mol. The van der Waals surface area contributed by atoms with Gasteiger partial charge in [0.1, 0.15) is 5.82 Å². The molecule has 0 saturated carbocycles. The molecule has 6 nitrogen and oxygen atoms in total. The van der Waals surface area contributed by atoms with Crippen LogP contribution in [0.15, 0.2) is 42.5 Å². The van der Waals surface area contributed by atoms with Crippen molar-refractivity contribution in [2.24, 2.45) is 5.73 Å². The second-order valence-corrected chi connectivity index (χ2v) is 4.36. The summed E-state index contributed by atoms with van der Waals surface area (Å²) in [4.78, 5) is 12.8. The fourth-order valence-electron chi connectivity index (χ4n) is 1.81. The van der Waals surface area contributed by atoms with E-state index in [9.17, 15) is 0 Å². The number of rotatable bonds is 4. The Balaban J connectivity index is 0.000000677. The molecule has 0 radical (unpaired) electrons. The van der Waals surface area contributed by atoms with E-state index in [0.717, 1.165) is 22.8 Å². The molecular formula is C15H20N4O2. The minimum atomic E-state index is -0.250. The molecule has 0 aliphatic rings. The molecule has 1 aromatic carbocycles. The Bertz CT molecular complexity index is 575. The second-order valence-electron chi connectivity index (χ2n) is 4.36. The quantitative estimate of drug-likeness (QED) is 0.505. The molecule has 0 bridgehead atoms. The Morgan fingerprint density at radius 3 is 2.62 bits per heavy atom. The zero-order valence-corrected chi connectivity index (χ0v) is 11.9. The highest BCUT2D eigenvalue weighted by atomic mass is 16.3. The van der Waals surface area contributed by atoms with Gasteiger partial charge in [0.2, 0.25) is 0 Å². The van der Waals surface area contributed by atoms with Crippen molar-refractivity contribution in [3.05, 3.63) is 53.7 Å². The van der Waals surface area contributed by atoms with Crippen LogP contribution < -0.4 is 16.8 Å². The van der Waals surface area contributed by atoms with Crippen LogP contribution in [0.2, 0.25) is 0 Å². The zero-order chi connectivity index (χ0) is 15.7. The lowest BCUT2D eigenvalue weighted by Gasteiger charge is -2.15. The molecule has 112 valence electrons. The van der Waals surface area contributed by atoms with Crippen molar-refractivity contribution in [2.75, 3.05) is 11.1 Å². The maximum Gasteiger partial charge on any atom is 0.290 e. The van der Waals surface area contributed by atoms with Crippen LogP contribution in [0, 0.1) is 0 Å². The molecule has 0 aliphatic heterocycles. The van der Waals surface area contributed by atoms with Crippen LogP contribution in [0.1, 0.15) is 24.2 Å². The molecule has 1 heterocycles. The summed E-state index contributed by atoms with van der Waals surface area (Å²) in [5, 5.41) is 10.2. The molecule has 1 unspecified atom stereocenters. The molecule has 6 N–H and O–H groups in total. The van der Waals surface area contributed by atoms with E-state index in [0.29, 0.717) is 6.54 Å². The van der Waals surface area contributed by atoms with Gasteiger partial charge < -0.3 is 21.9 Å². The number of benzene rings is 1. The van der Waals surface area contributed by atoms with E-state index in [1.807, 2.05) is 42.5 Å². The van der Waals surface area contributed by atoms with E-state index in [1.54, 1.807) is 0 Å². The van der Waals surface area contributed by atoms with Gasteiger partial charge in [-0.25, -0.2) is 4.98 Å². The summed E-state index contributed by atoms with van der Waals surface area (Å²) >= 11 is 0. The third-order valence-electron chi connectivity index (χ3n) is 2.79. The fraction of sp³-hybridized carbons (Fsp3) is 0.200. The first-order valence-corrected chi connectivity index (χ1v) is 6.46. The summed E-state index contributed by atoms with van der Waals surface area (Å²) < 4.78 is 0. The number of anilines is 2. The molecule has 21 heavy (non-hydrogen) atoms. The van der Waals surface area contributed by atoms with Crippen LogP contribution >= 0.6 is 0 Å². The topological polar surface area (TPSA) is 114 Å². The molecule has 0 amide bonds. The molecule has 2 rings (SSSR count). The average Bonchev–Trinajstić information content (AvgIpc) is 2.48. The van der Waals surface area contributed by atoms with E-state index in [4.69, 9.17) is 21.4 Å². The molecule has 0 spiro atoms. The van der Waals surface area contributed by atoms with Crippen LogP contribution in [0.25, 0.3) is 0 Å². The number of nitrogen functional groups attached to an aromatic ring is 1. The van der Waals surface area contributed by atoms with E-state index in [2.05, 4.69) is 17.2 Å². The van der Waals surface area contributed by atoms with Gasteiger partial charge in [-0.15, -0.1) is 0 Å². The standard InChI is InChI=1S/C14H18N4.CH2O2/c1-10(11-4-2-5-12(16)8-11)17-14-7-3-6-13(9-15)18-14;2-1-3/h2-8,10H,9,15-16H2,1H3,(H,17,18);1H,(H,2,3). The van der Waals surface area contributed by atoms with E-state index in [-0.39, 0.29) is 12.5 Å². The Morgan fingerprint density at radius 1 is 1.33 bits per heavy atom. The second kappa shape index (κ2) is 8.55. The van der Waals surface area contributed by atoms with Crippen LogP contribution in [0.4, 0.5) is 11.5 Å². The number of hydrogen-bond acceptors (Lipinski definition) is 5. The SMILES string of the molecule is CC(Nc1cccc(CN)n1)c1cccc(N)c1.O=CO. The Hall–Kier alpha value is -2.60. The Morgan fingerprint density at radius 2 is 2.00 bits per heavy atom. The van der Waals surface area contributed by atoms with Gasteiger partial charge in [0.05, 0.1) is 11.7 Å². The highest BCUT2D eigenvalue weighted by molar-refractivity contribution is 5.45. The van der Waals surface area contributed by atoms with Crippen molar-refractivity contribution in [1.82, 2.24) is 4.98 Å². The first kappa shape index (κ1) is 16.5. The van der Waals surface area contributed by atoms with Gasteiger partial charge in [-0.2, -0.15) is 0 Å². The van der Waals surface area contributed by atoms with E-state index in [1.165, 1.54) is 0 Å². The van der Waals surface area contributed by atoms with E-state index < -0.39 is 0 Å². The Labute approximate surface area is 123 Å². The lowest BCUT2D eigenvalue weighted by Crippen LogP contribution is -2.09. The molecule has 1 atom stereocenters. The van der Waals surface area contributed by atoms with Crippen LogP contribution in [-0.4, -0.2) is 16.6 Å². The molecule has 0 aliphatic carbocycles. The monoisotopic (exact) mass is 288 g/mol. The summed E-state index contributed by atoms with van der Waals surface area (Å²) in [7, 11) is 0. The molecule has 1 aromatic heterocycles. The van der Waals surface area contributed by atoms with Gasteiger partial charge in [0.15, 0.2) is 0 Å². The van der Waals surface area contributed by atoms with Gasteiger partial charge in [-0.3, -0.25) is 4.79 Å². The van der Waals surface area contributed by atoms with Crippen molar-refractivity contribution in [1.29, 1.82) is 0 Å². The summed E-state index contributed by atoms with van der Waals surface area (Å²) in [5.74, 6) is 0.827. The van der Waals surface area contributed by atoms with Crippen LogP contribution in [-0.2, 0) is 11.3 Å². The number of nitrogens with one attached hydrogen (secondary N) is 1. The third-order valence-corrected chi connectivity index (χ3v) is 2.79. The smallest absolute Gasteiger partial charge is 0.290 e. The number of carbonyl (C=O) groups is 1. The summed E-state index contributed by atoms with van der Waals surface area (Å²) in [6.45, 7) is 2.27. The summed E-state index contributed by atoms with van der Waals surface area (Å²) in [6.07, 6.45) is 0. The van der Waals surface area contributed by atoms with E-state index >= 15 is 0 Å². The highest BCUT2D eigenvalue weighted by Crippen LogP contribution is 2.19. The maximum atomic E-state index is 8.36. The molecule has 0 saturated heterocycles. The number of hydrogen-bond donors (Lipinski definition) is 4. The molecule has 6 heteroatoms. The number of nitrogens with zero attached hydrogens (tertiary/aromatic N) is 1. The average molecular weight is 288 g/mol. The molecule has 2 aromatic rings. The lowest BCUT2D eigenvalue weighted by molar-refractivity contribution is -0.122. The van der Waals surface area contributed by atoms with Gasteiger partial charge >= 0.3 is 0 Å². The van der Waals surface area contributed by atoms with Crippen molar-refractivity contribution < 1.29 is 9.90 Å². The summed E-state index contributed by atoms with van der Waals surface area (Å²) in [6, 6.07) is 13.8. The van der Waals surface area contributed by atoms with Crippen molar-refractivity contribution >= 4 is 18.0 Å². The minimum Gasteiger partial charge on any atom is -0.483 e. The third kappa shape index (κ3) is 5.50. The van der Waals surface area contributed by atoms with Crippen molar-refractivity contribution in [3.8, 4) is 0 Å². The number of nitrogens with two attached hydrogens (primary N) is 2. The first-order valence-electron chi connectivity index (χ1n) is 6.46. The highest BCUT2D eigenvalue weighted by Gasteiger charge is 2.06. The largest absolute Gasteiger partial charge is 0.483 e. The lowest BCUT2D eigenvalue weighted by atomic mass is 10.1. The number of pyridine rings is 1. The normalized spacial score (nSPS) is 11.0. The first-order chi connectivity index (χ1) is 10.1.